The Labute approximate surface area is 135 Å². The van der Waals surface area contributed by atoms with E-state index in [0.717, 1.165) is 49.5 Å². The van der Waals surface area contributed by atoms with Gasteiger partial charge in [-0.3, -0.25) is 4.79 Å². The molecule has 122 valence electrons. The molecule has 1 aliphatic rings. The molecule has 0 spiro atoms. The second-order valence-electron chi connectivity index (χ2n) is 5.74. The van der Waals surface area contributed by atoms with Crippen LogP contribution in [0.1, 0.15) is 32.6 Å². The molecule has 1 fully saturated rings. The minimum Gasteiger partial charge on any atom is -0.378 e. The maximum Gasteiger partial charge on any atom is 0.224 e. The quantitative estimate of drug-likeness (QED) is 0.890. The third-order valence-corrected chi connectivity index (χ3v) is 4.08. The fourth-order valence-corrected chi connectivity index (χ4v) is 2.83. The first-order valence-electron chi connectivity index (χ1n) is 8.16. The van der Waals surface area contributed by atoms with Gasteiger partial charge in [0.05, 0.1) is 6.10 Å². The number of ether oxygens (including phenoxy) is 1. The van der Waals surface area contributed by atoms with E-state index in [2.05, 4.69) is 15.5 Å². The van der Waals surface area contributed by atoms with Gasteiger partial charge in [0.2, 0.25) is 5.91 Å². The lowest BCUT2D eigenvalue weighted by atomic mass is 10.1. The maximum absolute atomic E-state index is 12.1. The molecule has 1 unspecified atom stereocenters. The highest BCUT2D eigenvalue weighted by Crippen LogP contribution is 2.21. The summed E-state index contributed by atoms with van der Waals surface area (Å²) >= 11 is 0. The molecule has 0 radical (unpaired) electrons. The SMILES string of the molecule is CCn1cnnc1-c1cccc(NC(=O)CCC2CCCO2)c1. The Morgan fingerprint density at radius 3 is 3.17 bits per heavy atom. The normalized spacial score (nSPS) is 17.3. The minimum atomic E-state index is 0.0228. The zero-order valence-electron chi connectivity index (χ0n) is 13.4. The molecule has 2 aromatic rings. The summed E-state index contributed by atoms with van der Waals surface area (Å²) in [7, 11) is 0. The van der Waals surface area contributed by atoms with Crippen molar-refractivity contribution in [2.75, 3.05) is 11.9 Å². The number of anilines is 1. The van der Waals surface area contributed by atoms with E-state index in [0.29, 0.717) is 6.42 Å². The number of carbonyl (C=O) groups is 1. The van der Waals surface area contributed by atoms with E-state index >= 15 is 0 Å². The molecule has 1 aromatic heterocycles. The summed E-state index contributed by atoms with van der Waals surface area (Å²) in [6, 6.07) is 7.71. The van der Waals surface area contributed by atoms with Gasteiger partial charge in [0, 0.05) is 30.8 Å². The van der Waals surface area contributed by atoms with Crippen molar-refractivity contribution in [3.8, 4) is 11.4 Å². The number of benzene rings is 1. The molecule has 1 aromatic carbocycles. The van der Waals surface area contributed by atoms with Gasteiger partial charge in [-0.05, 0) is 38.3 Å². The highest BCUT2D eigenvalue weighted by Gasteiger charge is 2.16. The molecule has 6 heteroatoms. The molecule has 6 nitrogen and oxygen atoms in total. The number of amides is 1. The Balaban J connectivity index is 1.62. The van der Waals surface area contributed by atoms with Crippen molar-refractivity contribution < 1.29 is 9.53 Å². The van der Waals surface area contributed by atoms with Crippen LogP contribution < -0.4 is 5.32 Å². The van der Waals surface area contributed by atoms with Crippen LogP contribution in [0.2, 0.25) is 0 Å². The Bertz CT molecular complexity index is 662. The first-order valence-corrected chi connectivity index (χ1v) is 8.16. The predicted octanol–water partition coefficient (Wildman–Crippen LogP) is 2.86. The number of nitrogens with zero attached hydrogens (tertiary/aromatic N) is 3. The van der Waals surface area contributed by atoms with Crippen LogP contribution in [0.15, 0.2) is 30.6 Å². The lowest BCUT2D eigenvalue weighted by molar-refractivity contribution is -0.116. The van der Waals surface area contributed by atoms with Gasteiger partial charge in [0.15, 0.2) is 5.82 Å². The zero-order valence-corrected chi connectivity index (χ0v) is 13.4. The summed E-state index contributed by atoms with van der Waals surface area (Å²) in [4.78, 5) is 12.1. The molecule has 0 aliphatic carbocycles. The van der Waals surface area contributed by atoms with Gasteiger partial charge in [0.1, 0.15) is 6.33 Å². The Hall–Kier alpha value is -2.21. The number of aromatic nitrogens is 3. The average Bonchev–Trinajstić information content (AvgIpc) is 3.24. The van der Waals surface area contributed by atoms with Crippen molar-refractivity contribution in [3.05, 3.63) is 30.6 Å². The number of hydrogen-bond donors (Lipinski definition) is 1. The van der Waals surface area contributed by atoms with Gasteiger partial charge in [-0.25, -0.2) is 0 Å². The molecule has 3 rings (SSSR count). The van der Waals surface area contributed by atoms with Crippen molar-refractivity contribution in [3.63, 3.8) is 0 Å². The van der Waals surface area contributed by atoms with Gasteiger partial charge in [-0.1, -0.05) is 12.1 Å². The Morgan fingerprint density at radius 2 is 2.39 bits per heavy atom. The molecule has 1 aliphatic heterocycles. The fourth-order valence-electron chi connectivity index (χ4n) is 2.83. The number of aryl methyl sites for hydroxylation is 1. The number of rotatable bonds is 6. The Kier molecular flexibility index (Phi) is 5.02. The van der Waals surface area contributed by atoms with Crippen LogP contribution in [0.3, 0.4) is 0 Å². The summed E-state index contributed by atoms with van der Waals surface area (Å²) in [5, 5.41) is 11.0. The molecule has 1 amide bonds. The summed E-state index contributed by atoms with van der Waals surface area (Å²) in [6.07, 6.45) is 5.40. The van der Waals surface area contributed by atoms with Crippen molar-refractivity contribution in [2.45, 2.75) is 45.3 Å². The molecule has 1 N–H and O–H groups in total. The molecule has 0 saturated carbocycles. The van der Waals surface area contributed by atoms with Gasteiger partial charge in [-0.2, -0.15) is 0 Å². The molecule has 23 heavy (non-hydrogen) atoms. The van der Waals surface area contributed by atoms with Crippen LogP contribution in [-0.2, 0) is 16.1 Å². The molecule has 1 atom stereocenters. The standard InChI is InChI=1S/C17H22N4O2/c1-2-21-12-18-20-17(21)13-5-3-6-14(11-13)19-16(22)9-8-15-7-4-10-23-15/h3,5-6,11-12,15H,2,4,7-10H2,1H3,(H,19,22). The van der Waals surface area contributed by atoms with E-state index in [1.54, 1.807) is 6.33 Å². The molecule has 1 saturated heterocycles. The molecular weight excluding hydrogens is 292 g/mol. The highest BCUT2D eigenvalue weighted by molar-refractivity contribution is 5.91. The number of carbonyl (C=O) groups excluding carboxylic acids is 1. The summed E-state index contributed by atoms with van der Waals surface area (Å²) < 4.78 is 7.52. The van der Waals surface area contributed by atoms with Crippen molar-refractivity contribution in [2.24, 2.45) is 0 Å². The Morgan fingerprint density at radius 1 is 1.48 bits per heavy atom. The topological polar surface area (TPSA) is 69.0 Å². The summed E-state index contributed by atoms with van der Waals surface area (Å²) in [6.45, 7) is 3.68. The van der Waals surface area contributed by atoms with Gasteiger partial charge < -0.3 is 14.6 Å². The van der Waals surface area contributed by atoms with E-state index in [4.69, 9.17) is 4.74 Å². The lowest BCUT2D eigenvalue weighted by Gasteiger charge is -2.10. The summed E-state index contributed by atoms with van der Waals surface area (Å²) in [5.74, 6) is 0.831. The van der Waals surface area contributed by atoms with Crippen LogP contribution >= 0.6 is 0 Å². The number of nitrogens with one attached hydrogen (secondary N) is 1. The fraction of sp³-hybridized carbons (Fsp3) is 0.471. The molecule has 2 heterocycles. The smallest absolute Gasteiger partial charge is 0.224 e. The zero-order chi connectivity index (χ0) is 16.1. The van der Waals surface area contributed by atoms with E-state index in [1.807, 2.05) is 35.8 Å². The van der Waals surface area contributed by atoms with Crippen molar-refractivity contribution in [1.82, 2.24) is 14.8 Å². The number of hydrogen-bond acceptors (Lipinski definition) is 4. The van der Waals surface area contributed by atoms with Crippen molar-refractivity contribution >= 4 is 11.6 Å². The third-order valence-electron chi connectivity index (χ3n) is 4.08. The van der Waals surface area contributed by atoms with E-state index in [1.165, 1.54) is 0 Å². The first kappa shape index (κ1) is 15.7. The molecular formula is C17H22N4O2. The monoisotopic (exact) mass is 314 g/mol. The van der Waals surface area contributed by atoms with Crippen LogP contribution in [-0.4, -0.2) is 33.4 Å². The second-order valence-corrected chi connectivity index (χ2v) is 5.74. The molecule has 0 bridgehead atoms. The van der Waals surface area contributed by atoms with Crippen molar-refractivity contribution in [1.29, 1.82) is 0 Å². The second kappa shape index (κ2) is 7.37. The predicted molar refractivity (Wildman–Crippen MR) is 88.0 cm³/mol. The maximum atomic E-state index is 12.1. The average molecular weight is 314 g/mol. The third kappa shape index (κ3) is 3.96. The van der Waals surface area contributed by atoms with Gasteiger partial charge in [0.25, 0.3) is 0 Å². The minimum absolute atomic E-state index is 0.0228. The van der Waals surface area contributed by atoms with Gasteiger partial charge in [-0.15, -0.1) is 10.2 Å². The summed E-state index contributed by atoms with van der Waals surface area (Å²) in [5.41, 5.74) is 1.73. The van der Waals surface area contributed by atoms with E-state index in [-0.39, 0.29) is 12.0 Å². The van der Waals surface area contributed by atoms with Crippen LogP contribution in [0.4, 0.5) is 5.69 Å². The lowest BCUT2D eigenvalue weighted by Crippen LogP contribution is -2.15. The van der Waals surface area contributed by atoms with Crippen LogP contribution in [0.25, 0.3) is 11.4 Å². The highest BCUT2D eigenvalue weighted by atomic mass is 16.5. The van der Waals surface area contributed by atoms with E-state index in [9.17, 15) is 4.79 Å². The largest absolute Gasteiger partial charge is 0.378 e. The first-order chi connectivity index (χ1) is 11.3. The van der Waals surface area contributed by atoms with Gasteiger partial charge >= 0.3 is 0 Å². The van der Waals surface area contributed by atoms with Crippen LogP contribution in [0.5, 0.6) is 0 Å². The van der Waals surface area contributed by atoms with Crippen LogP contribution in [0, 0.1) is 0 Å². The van der Waals surface area contributed by atoms with E-state index < -0.39 is 0 Å².